The second kappa shape index (κ2) is 6.51. The van der Waals surface area contributed by atoms with Gasteiger partial charge in [0.15, 0.2) is 0 Å². The summed E-state index contributed by atoms with van der Waals surface area (Å²) in [5.41, 5.74) is 0.462. The summed E-state index contributed by atoms with van der Waals surface area (Å²) in [5, 5.41) is 18.4. The Morgan fingerprint density at radius 2 is 2.05 bits per heavy atom. The molecule has 108 valence electrons. The molecule has 1 heterocycles. The van der Waals surface area contributed by atoms with Gasteiger partial charge in [-0.25, -0.2) is 4.68 Å². The first-order chi connectivity index (χ1) is 8.84. The smallest absolute Gasteiger partial charge is 0.333 e. The number of rotatable bonds is 7. The number of nitro groups is 1. The normalized spacial score (nSPS) is 11.3. The third-order valence-corrected chi connectivity index (χ3v) is 2.57. The summed E-state index contributed by atoms with van der Waals surface area (Å²) in [5.74, 6) is 0.449. The Morgan fingerprint density at radius 3 is 2.53 bits per heavy atom. The third-order valence-electron chi connectivity index (χ3n) is 2.57. The van der Waals surface area contributed by atoms with Crippen molar-refractivity contribution in [3.63, 3.8) is 0 Å². The van der Waals surface area contributed by atoms with Gasteiger partial charge < -0.3 is 10.1 Å². The Hall–Kier alpha value is -1.63. The molecule has 0 spiro atoms. The van der Waals surface area contributed by atoms with Crippen molar-refractivity contribution in [2.45, 2.75) is 46.8 Å². The van der Waals surface area contributed by atoms with Crippen LogP contribution in [0.3, 0.4) is 0 Å². The van der Waals surface area contributed by atoms with E-state index in [1.165, 1.54) is 0 Å². The largest absolute Gasteiger partial charge is 0.377 e. The van der Waals surface area contributed by atoms with Gasteiger partial charge in [0.25, 0.3) is 0 Å². The van der Waals surface area contributed by atoms with Crippen molar-refractivity contribution in [3.05, 3.63) is 15.8 Å². The summed E-state index contributed by atoms with van der Waals surface area (Å²) < 4.78 is 7.05. The Bertz CT molecular complexity index is 440. The predicted molar refractivity (Wildman–Crippen MR) is 73.6 cm³/mol. The standard InChI is InChI=1S/C12H22N4O3/c1-8(2)15-12(13-6-7-19-9(3)4)11(16(17)18)10(5)14-15/h8-9,13H,6-7H2,1-5H3. The highest BCUT2D eigenvalue weighted by atomic mass is 16.6. The molecule has 0 aliphatic carbocycles. The van der Waals surface area contributed by atoms with Crippen molar-refractivity contribution >= 4 is 11.5 Å². The van der Waals surface area contributed by atoms with E-state index >= 15 is 0 Å². The molecule has 0 saturated carbocycles. The molecule has 0 amide bonds. The minimum atomic E-state index is -0.396. The topological polar surface area (TPSA) is 82.2 Å². The van der Waals surface area contributed by atoms with Crippen LogP contribution in [0.2, 0.25) is 0 Å². The molecule has 0 aromatic carbocycles. The number of hydrogen-bond donors (Lipinski definition) is 1. The monoisotopic (exact) mass is 270 g/mol. The number of aromatic nitrogens is 2. The Kier molecular flexibility index (Phi) is 5.29. The average molecular weight is 270 g/mol. The summed E-state index contributed by atoms with van der Waals surface area (Å²) in [4.78, 5) is 10.7. The molecule has 0 fully saturated rings. The Labute approximate surface area is 113 Å². The van der Waals surface area contributed by atoms with Crippen LogP contribution in [-0.2, 0) is 4.74 Å². The molecule has 1 rings (SSSR count). The maximum absolute atomic E-state index is 11.1. The summed E-state index contributed by atoms with van der Waals surface area (Å²) in [6.45, 7) is 10.4. The number of anilines is 1. The molecule has 0 atom stereocenters. The van der Waals surface area contributed by atoms with Crippen molar-refractivity contribution < 1.29 is 9.66 Å². The minimum Gasteiger partial charge on any atom is -0.377 e. The number of ether oxygens (including phenoxy) is 1. The van der Waals surface area contributed by atoms with E-state index in [0.29, 0.717) is 24.7 Å². The Morgan fingerprint density at radius 1 is 1.42 bits per heavy atom. The molecule has 0 radical (unpaired) electrons. The maximum Gasteiger partial charge on any atom is 0.333 e. The average Bonchev–Trinajstić information content (AvgIpc) is 2.61. The molecule has 0 aliphatic rings. The van der Waals surface area contributed by atoms with E-state index in [2.05, 4.69) is 10.4 Å². The first-order valence-electron chi connectivity index (χ1n) is 6.43. The molecule has 1 N–H and O–H groups in total. The van der Waals surface area contributed by atoms with E-state index in [1.807, 2.05) is 27.7 Å². The van der Waals surface area contributed by atoms with Gasteiger partial charge in [-0.15, -0.1) is 0 Å². The highest BCUT2D eigenvalue weighted by molar-refractivity contribution is 5.59. The Balaban J connectivity index is 2.86. The summed E-state index contributed by atoms with van der Waals surface area (Å²) >= 11 is 0. The van der Waals surface area contributed by atoms with E-state index in [0.717, 1.165) is 0 Å². The van der Waals surface area contributed by atoms with Crippen molar-refractivity contribution in [2.24, 2.45) is 0 Å². The van der Waals surface area contributed by atoms with Crippen molar-refractivity contribution in [3.8, 4) is 0 Å². The van der Waals surface area contributed by atoms with Crippen LogP contribution in [0.1, 0.15) is 39.4 Å². The quantitative estimate of drug-likeness (QED) is 0.467. The maximum atomic E-state index is 11.1. The van der Waals surface area contributed by atoms with Gasteiger partial charge in [0.05, 0.1) is 17.6 Å². The summed E-state index contributed by atoms with van der Waals surface area (Å²) in [6.07, 6.45) is 0.147. The van der Waals surface area contributed by atoms with E-state index in [4.69, 9.17) is 4.74 Å². The first-order valence-corrected chi connectivity index (χ1v) is 6.43. The van der Waals surface area contributed by atoms with Crippen molar-refractivity contribution in [1.29, 1.82) is 0 Å². The fourth-order valence-corrected chi connectivity index (χ4v) is 1.76. The van der Waals surface area contributed by atoms with Gasteiger partial charge >= 0.3 is 5.69 Å². The molecule has 0 saturated heterocycles. The van der Waals surface area contributed by atoms with Gasteiger partial charge in [-0.1, -0.05) is 0 Å². The summed E-state index contributed by atoms with van der Waals surface area (Å²) in [7, 11) is 0. The number of aryl methyl sites for hydroxylation is 1. The van der Waals surface area contributed by atoms with E-state index in [9.17, 15) is 10.1 Å². The predicted octanol–water partition coefficient (Wildman–Crippen LogP) is 2.52. The molecular formula is C12H22N4O3. The van der Waals surface area contributed by atoms with E-state index < -0.39 is 4.92 Å². The first kappa shape index (κ1) is 15.4. The molecule has 7 heteroatoms. The number of nitrogens with zero attached hydrogens (tertiary/aromatic N) is 3. The number of nitrogens with one attached hydrogen (secondary N) is 1. The molecule has 0 bridgehead atoms. The molecule has 1 aromatic heterocycles. The molecular weight excluding hydrogens is 248 g/mol. The van der Waals surface area contributed by atoms with Crippen LogP contribution in [0, 0.1) is 17.0 Å². The zero-order valence-electron chi connectivity index (χ0n) is 12.1. The van der Waals surface area contributed by atoms with E-state index in [-0.39, 0.29) is 17.8 Å². The minimum absolute atomic E-state index is 0.0400. The van der Waals surface area contributed by atoms with Gasteiger partial charge in [-0.3, -0.25) is 10.1 Å². The van der Waals surface area contributed by atoms with Crippen LogP contribution in [0.4, 0.5) is 11.5 Å². The van der Waals surface area contributed by atoms with Gasteiger partial charge in [0.2, 0.25) is 5.82 Å². The lowest BCUT2D eigenvalue weighted by molar-refractivity contribution is -0.384. The lowest BCUT2D eigenvalue weighted by Gasteiger charge is -2.13. The van der Waals surface area contributed by atoms with Gasteiger partial charge in [0.1, 0.15) is 5.69 Å². The van der Waals surface area contributed by atoms with Crippen molar-refractivity contribution in [1.82, 2.24) is 9.78 Å². The van der Waals surface area contributed by atoms with Gasteiger partial charge in [0, 0.05) is 12.6 Å². The van der Waals surface area contributed by atoms with Crippen LogP contribution >= 0.6 is 0 Å². The highest BCUT2D eigenvalue weighted by Gasteiger charge is 2.26. The van der Waals surface area contributed by atoms with Gasteiger partial charge in [-0.2, -0.15) is 5.10 Å². The fraction of sp³-hybridized carbons (Fsp3) is 0.750. The van der Waals surface area contributed by atoms with Crippen LogP contribution < -0.4 is 5.32 Å². The van der Waals surface area contributed by atoms with Gasteiger partial charge in [-0.05, 0) is 34.6 Å². The zero-order valence-corrected chi connectivity index (χ0v) is 12.1. The molecule has 0 aliphatic heterocycles. The van der Waals surface area contributed by atoms with E-state index in [1.54, 1.807) is 11.6 Å². The lowest BCUT2D eigenvalue weighted by Crippen LogP contribution is -2.17. The molecule has 1 aromatic rings. The molecule has 0 unspecified atom stereocenters. The SMILES string of the molecule is Cc1nn(C(C)C)c(NCCOC(C)C)c1[N+](=O)[O-]. The molecule has 7 nitrogen and oxygen atoms in total. The third kappa shape index (κ3) is 3.92. The zero-order chi connectivity index (χ0) is 14.6. The highest BCUT2D eigenvalue weighted by Crippen LogP contribution is 2.30. The van der Waals surface area contributed by atoms with Crippen LogP contribution in [0.25, 0.3) is 0 Å². The van der Waals surface area contributed by atoms with Crippen molar-refractivity contribution in [2.75, 3.05) is 18.5 Å². The number of hydrogen-bond acceptors (Lipinski definition) is 5. The second-order valence-electron chi connectivity index (χ2n) is 4.92. The second-order valence-corrected chi connectivity index (χ2v) is 4.92. The van der Waals surface area contributed by atoms with Crippen LogP contribution in [-0.4, -0.2) is 34.0 Å². The summed E-state index contributed by atoms with van der Waals surface area (Å²) in [6, 6.07) is 0.0564. The van der Waals surface area contributed by atoms with Crippen LogP contribution in [0.5, 0.6) is 0 Å². The van der Waals surface area contributed by atoms with Crippen LogP contribution in [0.15, 0.2) is 0 Å². The molecule has 19 heavy (non-hydrogen) atoms. The lowest BCUT2D eigenvalue weighted by atomic mass is 10.3. The fourth-order valence-electron chi connectivity index (χ4n) is 1.76.